The molecule has 0 saturated carbocycles. The minimum atomic E-state index is -3.06. The summed E-state index contributed by atoms with van der Waals surface area (Å²) in [4.78, 5) is 17.4. The second-order valence-corrected chi connectivity index (χ2v) is 7.45. The Labute approximate surface area is 145 Å². The minimum Gasteiger partial charge on any atom is -0.309 e. The van der Waals surface area contributed by atoms with Crippen molar-refractivity contribution >= 4 is 22.1 Å². The Hall–Kier alpha value is -2.29. The molecule has 0 spiro atoms. The first-order valence-electron chi connectivity index (χ1n) is 7.65. The monoisotopic (exact) mass is 365 g/mol. The van der Waals surface area contributed by atoms with Crippen LogP contribution in [0.15, 0.2) is 23.4 Å². The fourth-order valence-corrected chi connectivity index (χ4v) is 3.37. The molecule has 25 heavy (non-hydrogen) atoms. The predicted molar refractivity (Wildman–Crippen MR) is 90.8 cm³/mol. The zero-order valence-corrected chi connectivity index (χ0v) is 15.1. The molecule has 3 aromatic rings. The third kappa shape index (κ3) is 3.15. The van der Waals surface area contributed by atoms with Crippen molar-refractivity contribution in [1.82, 2.24) is 24.5 Å². The summed E-state index contributed by atoms with van der Waals surface area (Å²) < 4.78 is 41.4. The highest BCUT2D eigenvalue weighted by atomic mass is 32.2. The summed E-state index contributed by atoms with van der Waals surface area (Å²) in [6.45, 7) is 4.31. The highest BCUT2D eigenvalue weighted by molar-refractivity contribution is 7.85. The summed E-state index contributed by atoms with van der Waals surface area (Å²) in [5.41, 5.74) is 1.70. The summed E-state index contributed by atoms with van der Waals surface area (Å²) >= 11 is 0. The average molecular weight is 365 g/mol. The molecular weight excluding hydrogens is 348 g/mol. The first-order chi connectivity index (χ1) is 11.7. The molecule has 9 heteroatoms. The van der Waals surface area contributed by atoms with Crippen LogP contribution < -0.4 is 0 Å². The Kier molecular flexibility index (Phi) is 4.36. The van der Waals surface area contributed by atoms with Crippen LogP contribution in [0, 0.1) is 6.92 Å². The topological polar surface area (TPSA) is 73.6 Å². The number of hydrogen-bond acceptors (Lipinski definition) is 5. The lowest BCUT2D eigenvalue weighted by atomic mass is 10.1. The van der Waals surface area contributed by atoms with Gasteiger partial charge in [-0.1, -0.05) is 6.92 Å². The summed E-state index contributed by atoms with van der Waals surface area (Å²) in [6, 6.07) is 1.24. The highest BCUT2D eigenvalue weighted by Gasteiger charge is 2.28. The molecule has 0 radical (unpaired) electrons. The van der Waals surface area contributed by atoms with Gasteiger partial charge in [-0.2, -0.15) is 0 Å². The number of pyridine rings is 1. The number of alkyl halides is 2. The Balaban J connectivity index is 2.26. The molecule has 3 rings (SSSR count). The second-order valence-electron chi connectivity index (χ2n) is 5.75. The standard InChI is InChI=1S/C16H17F2N5OS/c1-5-25(24)11-6-10(16(3,17)18)8-19-12(11)14-22-13-15(23(14)4)20-7-9(2)21-13/h6-8H,5H2,1-4H3. The van der Waals surface area contributed by atoms with Crippen LogP contribution in [-0.4, -0.2) is 34.5 Å². The molecule has 0 saturated heterocycles. The van der Waals surface area contributed by atoms with Crippen LogP contribution in [0.3, 0.4) is 0 Å². The molecule has 1 unspecified atom stereocenters. The molecule has 0 aliphatic carbocycles. The minimum absolute atomic E-state index is 0.233. The number of rotatable bonds is 4. The molecule has 6 nitrogen and oxygen atoms in total. The maximum Gasteiger partial charge on any atom is 0.272 e. The highest BCUT2D eigenvalue weighted by Crippen LogP contribution is 2.32. The fraction of sp³-hybridized carbons (Fsp3) is 0.375. The number of hydrogen-bond donors (Lipinski definition) is 0. The Bertz CT molecular complexity index is 981. The third-order valence-corrected chi connectivity index (χ3v) is 5.11. The van der Waals surface area contributed by atoms with Gasteiger partial charge in [0.2, 0.25) is 0 Å². The summed E-state index contributed by atoms with van der Waals surface area (Å²) in [5, 5.41) is 0. The molecule has 0 amide bonds. The van der Waals surface area contributed by atoms with Crippen LogP contribution in [0.4, 0.5) is 8.78 Å². The molecule has 0 bridgehead atoms. The van der Waals surface area contributed by atoms with Gasteiger partial charge in [0.25, 0.3) is 5.92 Å². The molecule has 3 heterocycles. The van der Waals surface area contributed by atoms with Crippen molar-refractivity contribution in [1.29, 1.82) is 0 Å². The van der Waals surface area contributed by atoms with E-state index < -0.39 is 16.7 Å². The number of aromatic nitrogens is 5. The van der Waals surface area contributed by atoms with Crippen LogP contribution in [-0.2, 0) is 23.8 Å². The van der Waals surface area contributed by atoms with Crippen LogP contribution in [0.1, 0.15) is 25.1 Å². The average Bonchev–Trinajstić information content (AvgIpc) is 2.88. The smallest absolute Gasteiger partial charge is 0.272 e. The predicted octanol–water partition coefficient (Wildman–Crippen LogP) is 2.97. The van der Waals surface area contributed by atoms with Gasteiger partial charge in [0, 0.05) is 31.5 Å². The molecule has 0 aliphatic rings. The van der Waals surface area contributed by atoms with Crippen molar-refractivity contribution in [3.63, 3.8) is 0 Å². The largest absolute Gasteiger partial charge is 0.309 e. The summed E-state index contributed by atoms with van der Waals surface area (Å²) in [6.07, 6.45) is 2.71. The van der Waals surface area contributed by atoms with Gasteiger partial charge in [0.05, 0.1) is 27.6 Å². The van der Waals surface area contributed by atoms with E-state index in [-0.39, 0.29) is 16.2 Å². The third-order valence-electron chi connectivity index (χ3n) is 3.78. The first-order valence-corrected chi connectivity index (χ1v) is 8.97. The van der Waals surface area contributed by atoms with E-state index in [0.29, 0.717) is 28.5 Å². The van der Waals surface area contributed by atoms with Crippen LogP contribution in [0.2, 0.25) is 0 Å². The molecule has 3 aromatic heterocycles. The molecule has 0 N–H and O–H groups in total. The lowest BCUT2D eigenvalue weighted by Crippen LogP contribution is -2.11. The van der Waals surface area contributed by atoms with Gasteiger partial charge >= 0.3 is 0 Å². The number of imidazole rings is 1. The number of fused-ring (bicyclic) bond motifs is 1. The molecular formula is C16H17F2N5OS. The van der Waals surface area contributed by atoms with E-state index in [1.807, 2.05) is 0 Å². The van der Waals surface area contributed by atoms with Crippen molar-refractivity contribution in [3.8, 4) is 11.5 Å². The molecule has 132 valence electrons. The quantitative estimate of drug-likeness (QED) is 0.711. The normalized spacial score (nSPS) is 13.4. The van der Waals surface area contributed by atoms with Gasteiger partial charge in [0.1, 0.15) is 5.69 Å². The van der Waals surface area contributed by atoms with E-state index >= 15 is 0 Å². The van der Waals surface area contributed by atoms with Gasteiger partial charge in [-0.05, 0) is 13.0 Å². The Morgan fingerprint density at radius 2 is 1.96 bits per heavy atom. The van der Waals surface area contributed by atoms with Crippen LogP contribution in [0.5, 0.6) is 0 Å². The molecule has 1 atom stereocenters. The maximum absolute atomic E-state index is 13.6. The van der Waals surface area contributed by atoms with Gasteiger partial charge < -0.3 is 4.57 Å². The molecule has 0 fully saturated rings. The van der Waals surface area contributed by atoms with Crippen molar-refractivity contribution in [2.75, 3.05) is 5.75 Å². The summed E-state index contributed by atoms with van der Waals surface area (Å²) in [7, 11) is 0.262. The lowest BCUT2D eigenvalue weighted by Gasteiger charge is -2.14. The van der Waals surface area contributed by atoms with E-state index in [2.05, 4.69) is 19.9 Å². The van der Waals surface area contributed by atoms with Gasteiger partial charge in [-0.3, -0.25) is 9.19 Å². The zero-order chi connectivity index (χ0) is 18.4. The van der Waals surface area contributed by atoms with Crippen molar-refractivity contribution in [2.24, 2.45) is 7.05 Å². The van der Waals surface area contributed by atoms with E-state index in [9.17, 15) is 13.0 Å². The van der Waals surface area contributed by atoms with E-state index in [1.165, 1.54) is 6.07 Å². The Morgan fingerprint density at radius 3 is 2.60 bits per heavy atom. The fourth-order valence-electron chi connectivity index (χ4n) is 2.44. The van der Waals surface area contributed by atoms with Crippen molar-refractivity contribution in [3.05, 3.63) is 29.7 Å². The zero-order valence-electron chi connectivity index (χ0n) is 14.2. The number of halogens is 2. The van der Waals surface area contributed by atoms with E-state index in [0.717, 1.165) is 13.1 Å². The SMILES string of the molecule is CCS(=O)c1cc(C(C)(F)F)cnc1-c1nc2nc(C)cnc2n1C. The molecule has 0 aromatic carbocycles. The van der Waals surface area contributed by atoms with Gasteiger partial charge in [-0.25, -0.2) is 23.7 Å². The first kappa shape index (κ1) is 17.5. The van der Waals surface area contributed by atoms with E-state index in [4.69, 9.17) is 0 Å². The summed E-state index contributed by atoms with van der Waals surface area (Å²) in [5.74, 6) is -2.39. The van der Waals surface area contributed by atoms with Gasteiger partial charge in [0.15, 0.2) is 17.1 Å². The van der Waals surface area contributed by atoms with Gasteiger partial charge in [-0.15, -0.1) is 0 Å². The van der Waals surface area contributed by atoms with Crippen LogP contribution >= 0.6 is 0 Å². The second kappa shape index (κ2) is 6.21. The van der Waals surface area contributed by atoms with Crippen LogP contribution in [0.25, 0.3) is 22.8 Å². The van der Waals surface area contributed by atoms with E-state index in [1.54, 1.807) is 31.7 Å². The van der Waals surface area contributed by atoms with Crippen molar-refractivity contribution in [2.45, 2.75) is 31.6 Å². The lowest BCUT2D eigenvalue weighted by molar-refractivity contribution is 0.0169. The molecule has 0 aliphatic heterocycles. The number of aryl methyl sites for hydroxylation is 2. The maximum atomic E-state index is 13.6. The number of nitrogens with zero attached hydrogens (tertiary/aromatic N) is 5. The van der Waals surface area contributed by atoms with Crippen molar-refractivity contribution < 1.29 is 13.0 Å². The Morgan fingerprint density at radius 1 is 1.24 bits per heavy atom.